The molecule has 1 heterocycles. The molecule has 0 bridgehead atoms. The highest BCUT2D eigenvalue weighted by Crippen LogP contribution is 2.43. The number of halogens is 1. The first-order chi connectivity index (χ1) is 9.50. The first-order valence-corrected chi connectivity index (χ1v) is 9.56. The Kier molecular flexibility index (Phi) is 6.12. The minimum Gasteiger partial charge on any atom is -0.316 e. The normalized spacial score (nSPS) is 25.8. The summed E-state index contributed by atoms with van der Waals surface area (Å²) in [6, 6.07) is 4.49. The van der Waals surface area contributed by atoms with Crippen LogP contribution in [-0.2, 0) is 6.42 Å². The van der Waals surface area contributed by atoms with E-state index in [2.05, 4.69) is 54.2 Å². The number of thiophene rings is 1. The summed E-state index contributed by atoms with van der Waals surface area (Å²) in [5.74, 6) is 1.70. The molecule has 0 amide bonds. The summed E-state index contributed by atoms with van der Waals surface area (Å²) in [5.41, 5.74) is 0.528. The molecule has 2 rings (SSSR count). The van der Waals surface area contributed by atoms with Crippen LogP contribution in [0.15, 0.2) is 15.9 Å². The molecule has 20 heavy (non-hydrogen) atoms. The molecule has 0 radical (unpaired) electrons. The van der Waals surface area contributed by atoms with Crippen LogP contribution in [0.3, 0.4) is 0 Å². The Morgan fingerprint density at radius 3 is 2.80 bits per heavy atom. The lowest BCUT2D eigenvalue weighted by Gasteiger charge is -2.41. The van der Waals surface area contributed by atoms with E-state index in [0.717, 1.165) is 18.4 Å². The van der Waals surface area contributed by atoms with Gasteiger partial charge in [-0.25, -0.2) is 0 Å². The van der Waals surface area contributed by atoms with E-state index in [9.17, 15) is 0 Å². The number of nitrogens with one attached hydrogen (secondary N) is 1. The quantitative estimate of drug-likeness (QED) is 0.663. The molecular weight excluding hydrogens is 330 g/mol. The molecule has 0 saturated heterocycles. The van der Waals surface area contributed by atoms with Gasteiger partial charge < -0.3 is 5.32 Å². The zero-order valence-electron chi connectivity index (χ0n) is 13.0. The van der Waals surface area contributed by atoms with E-state index in [0.29, 0.717) is 5.41 Å². The van der Waals surface area contributed by atoms with Crippen LogP contribution in [0.25, 0.3) is 0 Å². The van der Waals surface area contributed by atoms with Crippen molar-refractivity contribution in [3.05, 3.63) is 20.8 Å². The fourth-order valence-corrected chi connectivity index (χ4v) is 5.06. The second-order valence-corrected chi connectivity index (χ2v) is 9.59. The van der Waals surface area contributed by atoms with Gasteiger partial charge in [-0.1, -0.05) is 20.8 Å². The highest BCUT2D eigenvalue weighted by atomic mass is 79.9. The summed E-state index contributed by atoms with van der Waals surface area (Å²) < 4.78 is 1.27. The highest BCUT2D eigenvalue weighted by molar-refractivity contribution is 9.11. The lowest BCUT2D eigenvalue weighted by Crippen LogP contribution is -2.37. The van der Waals surface area contributed by atoms with E-state index in [4.69, 9.17) is 0 Å². The van der Waals surface area contributed by atoms with Gasteiger partial charge in [-0.3, -0.25) is 0 Å². The topological polar surface area (TPSA) is 12.0 Å². The van der Waals surface area contributed by atoms with Crippen molar-refractivity contribution in [1.82, 2.24) is 5.32 Å². The zero-order chi connectivity index (χ0) is 14.6. The van der Waals surface area contributed by atoms with Gasteiger partial charge in [0.25, 0.3) is 0 Å². The maximum Gasteiger partial charge on any atom is 0.0701 e. The van der Waals surface area contributed by atoms with Gasteiger partial charge in [0.2, 0.25) is 0 Å². The summed E-state index contributed by atoms with van der Waals surface area (Å²) in [6.45, 7) is 9.51. The standard InChI is InChI=1S/C17H28BrNS/c1-4-9-19-12-13-7-8-17(2,3)11-14(13)10-15-5-6-16(18)20-15/h5-6,13-14,19H,4,7-12H2,1-3H3. The zero-order valence-corrected chi connectivity index (χ0v) is 15.4. The fourth-order valence-electron chi connectivity index (χ4n) is 3.48. The van der Waals surface area contributed by atoms with Crippen molar-refractivity contribution in [2.45, 2.75) is 52.9 Å². The van der Waals surface area contributed by atoms with Crippen LogP contribution >= 0.6 is 27.3 Å². The van der Waals surface area contributed by atoms with Gasteiger partial charge in [0.05, 0.1) is 3.79 Å². The molecule has 0 spiro atoms. The Labute approximate surface area is 136 Å². The second kappa shape index (κ2) is 7.42. The molecule has 1 saturated carbocycles. The molecule has 1 N–H and O–H groups in total. The van der Waals surface area contributed by atoms with E-state index in [1.54, 1.807) is 4.88 Å². The van der Waals surface area contributed by atoms with Crippen molar-refractivity contribution in [3.8, 4) is 0 Å². The Morgan fingerprint density at radius 2 is 2.15 bits per heavy atom. The maximum absolute atomic E-state index is 3.65. The number of hydrogen-bond acceptors (Lipinski definition) is 2. The summed E-state index contributed by atoms with van der Waals surface area (Å²) in [4.78, 5) is 1.54. The molecule has 2 unspecified atom stereocenters. The maximum atomic E-state index is 3.65. The van der Waals surface area contributed by atoms with Crippen molar-refractivity contribution >= 4 is 27.3 Å². The predicted molar refractivity (Wildman–Crippen MR) is 93.5 cm³/mol. The van der Waals surface area contributed by atoms with E-state index in [1.807, 2.05) is 11.3 Å². The molecule has 3 heteroatoms. The Morgan fingerprint density at radius 1 is 1.35 bits per heavy atom. The lowest BCUT2D eigenvalue weighted by atomic mass is 9.66. The third kappa shape index (κ3) is 4.85. The molecule has 1 aromatic heterocycles. The van der Waals surface area contributed by atoms with Crippen LogP contribution in [0.5, 0.6) is 0 Å². The van der Waals surface area contributed by atoms with Crippen LogP contribution in [0.4, 0.5) is 0 Å². The SMILES string of the molecule is CCCNCC1CCC(C)(C)CC1Cc1ccc(Br)s1. The van der Waals surface area contributed by atoms with Gasteiger partial charge in [-0.2, -0.15) is 0 Å². The smallest absolute Gasteiger partial charge is 0.0701 e. The average Bonchev–Trinajstić information content (AvgIpc) is 2.77. The Balaban J connectivity index is 1.98. The van der Waals surface area contributed by atoms with Gasteiger partial charge in [0.15, 0.2) is 0 Å². The summed E-state index contributed by atoms with van der Waals surface area (Å²) in [6.07, 6.45) is 6.65. The monoisotopic (exact) mass is 357 g/mol. The second-order valence-electron chi connectivity index (χ2n) is 7.04. The average molecular weight is 358 g/mol. The molecule has 1 aromatic rings. The lowest BCUT2D eigenvalue weighted by molar-refractivity contribution is 0.116. The van der Waals surface area contributed by atoms with Crippen molar-refractivity contribution in [2.75, 3.05) is 13.1 Å². The molecule has 1 aliphatic rings. The van der Waals surface area contributed by atoms with Crippen LogP contribution in [-0.4, -0.2) is 13.1 Å². The van der Waals surface area contributed by atoms with E-state index in [1.165, 1.54) is 42.4 Å². The largest absolute Gasteiger partial charge is 0.316 e. The van der Waals surface area contributed by atoms with Crippen LogP contribution in [0, 0.1) is 17.3 Å². The highest BCUT2D eigenvalue weighted by Gasteiger charge is 2.34. The van der Waals surface area contributed by atoms with Crippen molar-refractivity contribution in [1.29, 1.82) is 0 Å². The van der Waals surface area contributed by atoms with E-state index in [-0.39, 0.29) is 0 Å². The first-order valence-electron chi connectivity index (χ1n) is 7.95. The van der Waals surface area contributed by atoms with Crippen LogP contribution in [0.2, 0.25) is 0 Å². The molecule has 1 fully saturated rings. The van der Waals surface area contributed by atoms with Crippen molar-refractivity contribution < 1.29 is 0 Å². The minimum atomic E-state index is 0.528. The number of rotatable bonds is 6. The third-order valence-corrected chi connectivity index (χ3v) is 6.24. The molecule has 114 valence electrons. The minimum absolute atomic E-state index is 0.528. The Bertz CT molecular complexity index is 413. The van der Waals surface area contributed by atoms with Gasteiger partial charge in [-0.05, 0) is 90.5 Å². The van der Waals surface area contributed by atoms with Gasteiger partial charge in [0.1, 0.15) is 0 Å². The van der Waals surface area contributed by atoms with E-state index >= 15 is 0 Å². The van der Waals surface area contributed by atoms with Crippen molar-refractivity contribution in [2.24, 2.45) is 17.3 Å². The van der Waals surface area contributed by atoms with E-state index < -0.39 is 0 Å². The predicted octanol–water partition coefficient (Wildman–Crippen LogP) is 5.50. The van der Waals surface area contributed by atoms with Gasteiger partial charge in [0, 0.05) is 4.88 Å². The third-order valence-electron chi connectivity index (χ3n) is 4.60. The molecule has 2 atom stereocenters. The first kappa shape index (κ1) is 16.5. The van der Waals surface area contributed by atoms with Crippen molar-refractivity contribution in [3.63, 3.8) is 0 Å². The molecule has 1 nitrogen and oxygen atoms in total. The van der Waals surface area contributed by atoms with Gasteiger partial charge in [-0.15, -0.1) is 11.3 Å². The summed E-state index contributed by atoms with van der Waals surface area (Å²) in [5, 5.41) is 3.65. The van der Waals surface area contributed by atoms with Gasteiger partial charge >= 0.3 is 0 Å². The summed E-state index contributed by atoms with van der Waals surface area (Å²) in [7, 11) is 0. The number of hydrogen-bond donors (Lipinski definition) is 1. The Hall–Kier alpha value is 0.140. The summed E-state index contributed by atoms with van der Waals surface area (Å²) >= 11 is 5.50. The fraction of sp³-hybridized carbons (Fsp3) is 0.765. The molecule has 1 aliphatic carbocycles. The molecular formula is C17H28BrNS. The van der Waals surface area contributed by atoms with Crippen LogP contribution < -0.4 is 5.32 Å². The van der Waals surface area contributed by atoms with Crippen LogP contribution in [0.1, 0.15) is 51.3 Å². The molecule has 0 aliphatic heterocycles. The molecule has 0 aromatic carbocycles.